The van der Waals surface area contributed by atoms with Crippen molar-refractivity contribution in [1.82, 2.24) is 0 Å². The van der Waals surface area contributed by atoms with Gasteiger partial charge in [0.1, 0.15) is 23.0 Å². The zero-order valence-electron chi connectivity index (χ0n) is 21.4. The number of aliphatic hydroxyl groups excluding tert-OH is 1. The summed E-state index contributed by atoms with van der Waals surface area (Å²) in [6, 6.07) is 20.0. The van der Waals surface area contributed by atoms with Gasteiger partial charge in [-0.25, -0.2) is 0 Å². The Hall–Kier alpha value is -4.26. The molecule has 0 spiro atoms. The van der Waals surface area contributed by atoms with E-state index in [0.29, 0.717) is 40.7 Å². The van der Waals surface area contributed by atoms with Crippen LogP contribution in [0.15, 0.2) is 78.4 Å². The van der Waals surface area contributed by atoms with E-state index in [4.69, 9.17) is 14.2 Å². The average Bonchev–Trinajstić information content (AvgIpc) is 3.17. The molecule has 3 aromatic carbocycles. The summed E-state index contributed by atoms with van der Waals surface area (Å²) in [5, 5.41) is 11.4. The van der Waals surface area contributed by atoms with Gasteiger partial charge in [0.15, 0.2) is 0 Å². The SMILES string of the molecule is CCCOc1cccc(N2C(=O)C(=O)/C(=C(/O)c3ccc(OC(C)C)cc3)C2c2ccccc2OC)c1. The number of nitrogens with zero attached hydrogens (tertiary/aromatic N) is 1. The minimum atomic E-state index is -0.913. The van der Waals surface area contributed by atoms with Crippen molar-refractivity contribution < 1.29 is 28.9 Å². The molecule has 1 aliphatic heterocycles. The number of anilines is 1. The molecule has 37 heavy (non-hydrogen) atoms. The molecule has 0 aromatic heterocycles. The Morgan fingerprint density at radius 1 is 0.973 bits per heavy atom. The number of aliphatic hydroxyl groups is 1. The van der Waals surface area contributed by atoms with Crippen molar-refractivity contribution in [2.45, 2.75) is 39.3 Å². The number of hydrogen-bond donors (Lipinski definition) is 1. The van der Waals surface area contributed by atoms with Gasteiger partial charge in [0.25, 0.3) is 11.7 Å². The van der Waals surface area contributed by atoms with Crippen molar-refractivity contribution in [3.05, 3.63) is 89.5 Å². The number of methoxy groups -OCH3 is 1. The molecule has 1 atom stereocenters. The zero-order chi connectivity index (χ0) is 26.5. The van der Waals surface area contributed by atoms with Gasteiger partial charge in [-0.15, -0.1) is 0 Å². The van der Waals surface area contributed by atoms with E-state index in [-0.39, 0.29) is 17.4 Å². The van der Waals surface area contributed by atoms with Crippen LogP contribution in [0.1, 0.15) is 44.4 Å². The van der Waals surface area contributed by atoms with Gasteiger partial charge in [-0.05, 0) is 62.7 Å². The van der Waals surface area contributed by atoms with Gasteiger partial charge < -0.3 is 19.3 Å². The van der Waals surface area contributed by atoms with Gasteiger partial charge in [-0.2, -0.15) is 0 Å². The fourth-order valence-electron chi connectivity index (χ4n) is 4.35. The lowest BCUT2D eigenvalue weighted by Crippen LogP contribution is -2.29. The molecule has 0 saturated carbocycles. The molecule has 3 aromatic rings. The summed E-state index contributed by atoms with van der Waals surface area (Å²) in [5.74, 6) is -0.0887. The predicted octanol–water partition coefficient (Wildman–Crippen LogP) is 5.90. The number of para-hydroxylation sites is 1. The van der Waals surface area contributed by atoms with Crippen LogP contribution in [-0.4, -0.2) is 36.6 Å². The van der Waals surface area contributed by atoms with Crippen LogP contribution in [-0.2, 0) is 9.59 Å². The highest BCUT2D eigenvalue weighted by Crippen LogP contribution is 2.45. The third kappa shape index (κ3) is 5.31. The number of rotatable bonds is 9. The molecule has 192 valence electrons. The lowest BCUT2D eigenvalue weighted by Gasteiger charge is -2.27. The van der Waals surface area contributed by atoms with E-state index in [9.17, 15) is 14.7 Å². The highest BCUT2D eigenvalue weighted by molar-refractivity contribution is 6.51. The Balaban J connectivity index is 1.87. The molecule has 1 N–H and O–H groups in total. The van der Waals surface area contributed by atoms with Crippen LogP contribution >= 0.6 is 0 Å². The van der Waals surface area contributed by atoms with Gasteiger partial charge in [-0.3, -0.25) is 14.5 Å². The van der Waals surface area contributed by atoms with E-state index in [1.807, 2.05) is 20.8 Å². The van der Waals surface area contributed by atoms with Crippen molar-refractivity contribution in [1.29, 1.82) is 0 Å². The number of Topliss-reactive ketones (excluding diaryl/α,β-unsaturated/α-hetero) is 1. The molecule has 1 saturated heterocycles. The highest BCUT2D eigenvalue weighted by Gasteiger charge is 2.48. The van der Waals surface area contributed by atoms with Crippen molar-refractivity contribution >= 4 is 23.1 Å². The average molecular weight is 502 g/mol. The standard InChI is InChI=1S/C30H31NO6/c1-5-17-36-23-10-8-9-21(18-23)31-27(24-11-6-7-12-25(24)35-4)26(29(33)30(31)34)28(32)20-13-15-22(16-14-20)37-19(2)3/h6-16,18-19,27,32H,5,17H2,1-4H3/b28-26+. The van der Waals surface area contributed by atoms with Crippen LogP contribution in [0.5, 0.6) is 17.2 Å². The van der Waals surface area contributed by atoms with Gasteiger partial charge in [0.2, 0.25) is 0 Å². The van der Waals surface area contributed by atoms with E-state index in [0.717, 1.165) is 6.42 Å². The fraction of sp³-hybridized carbons (Fsp3) is 0.267. The van der Waals surface area contributed by atoms with E-state index < -0.39 is 17.7 Å². The molecular formula is C30H31NO6. The Labute approximate surface area is 216 Å². The monoisotopic (exact) mass is 501 g/mol. The normalized spacial score (nSPS) is 16.8. The Morgan fingerprint density at radius 3 is 2.38 bits per heavy atom. The second-order valence-corrected chi connectivity index (χ2v) is 8.95. The van der Waals surface area contributed by atoms with Crippen LogP contribution < -0.4 is 19.1 Å². The van der Waals surface area contributed by atoms with Gasteiger partial charge in [0, 0.05) is 22.9 Å². The largest absolute Gasteiger partial charge is 0.507 e. The lowest BCUT2D eigenvalue weighted by atomic mass is 9.94. The zero-order valence-corrected chi connectivity index (χ0v) is 21.4. The summed E-state index contributed by atoms with van der Waals surface area (Å²) < 4.78 is 17.0. The van der Waals surface area contributed by atoms with E-state index >= 15 is 0 Å². The molecule has 1 fully saturated rings. The number of hydrogen-bond acceptors (Lipinski definition) is 6. The van der Waals surface area contributed by atoms with Crippen molar-refractivity contribution in [3.63, 3.8) is 0 Å². The van der Waals surface area contributed by atoms with Crippen molar-refractivity contribution in [2.75, 3.05) is 18.6 Å². The number of amides is 1. The van der Waals surface area contributed by atoms with Gasteiger partial charge >= 0.3 is 0 Å². The summed E-state index contributed by atoms with van der Waals surface area (Å²) in [6.07, 6.45) is 0.823. The maximum Gasteiger partial charge on any atom is 0.300 e. The van der Waals surface area contributed by atoms with Crippen molar-refractivity contribution in [3.8, 4) is 17.2 Å². The van der Waals surface area contributed by atoms with Crippen LogP contribution in [0.2, 0.25) is 0 Å². The number of ether oxygens (including phenoxy) is 3. The molecule has 0 aliphatic carbocycles. The molecule has 1 unspecified atom stereocenters. The van der Waals surface area contributed by atoms with E-state index in [1.165, 1.54) is 12.0 Å². The third-order valence-electron chi connectivity index (χ3n) is 5.95. The second-order valence-electron chi connectivity index (χ2n) is 8.95. The first-order valence-corrected chi connectivity index (χ1v) is 12.3. The summed E-state index contributed by atoms with van der Waals surface area (Å²) in [5.41, 5.74) is 1.43. The second kappa shape index (κ2) is 11.2. The third-order valence-corrected chi connectivity index (χ3v) is 5.95. The minimum Gasteiger partial charge on any atom is -0.507 e. The van der Waals surface area contributed by atoms with E-state index in [1.54, 1.807) is 72.8 Å². The molecule has 0 bridgehead atoms. The molecule has 7 heteroatoms. The maximum absolute atomic E-state index is 13.5. The predicted molar refractivity (Wildman–Crippen MR) is 142 cm³/mol. The first-order chi connectivity index (χ1) is 17.8. The molecule has 4 rings (SSSR count). The topological polar surface area (TPSA) is 85.3 Å². The maximum atomic E-state index is 13.5. The lowest BCUT2D eigenvalue weighted by molar-refractivity contribution is -0.132. The highest BCUT2D eigenvalue weighted by atomic mass is 16.5. The molecule has 1 heterocycles. The quantitative estimate of drug-likeness (QED) is 0.223. The number of benzene rings is 3. The first-order valence-electron chi connectivity index (χ1n) is 12.3. The molecule has 7 nitrogen and oxygen atoms in total. The summed E-state index contributed by atoms with van der Waals surface area (Å²) in [4.78, 5) is 28.3. The molecule has 0 radical (unpaired) electrons. The first kappa shape index (κ1) is 25.8. The fourth-order valence-corrected chi connectivity index (χ4v) is 4.35. The van der Waals surface area contributed by atoms with Crippen LogP contribution in [0, 0.1) is 0 Å². The summed E-state index contributed by atoms with van der Waals surface area (Å²) in [7, 11) is 1.53. The number of carbonyl (C=O) groups excluding carboxylic acids is 2. The number of carbonyl (C=O) groups is 2. The van der Waals surface area contributed by atoms with Gasteiger partial charge in [-0.1, -0.05) is 31.2 Å². The van der Waals surface area contributed by atoms with Crippen LogP contribution in [0.4, 0.5) is 5.69 Å². The van der Waals surface area contributed by atoms with Crippen molar-refractivity contribution in [2.24, 2.45) is 0 Å². The van der Waals surface area contributed by atoms with Gasteiger partial charge in [0.05, 0.1) is 31.4 Å². The molecule has 1 aliphatic rings. The molecule has 1 amide bonds. The minimum absolute atomic E-state index is 0.00705. The van der Waals surface area contributed by atoms with Crippen LogP contribution in [0.25, 0.3) is 5.76 Å². The number of ketones is 1. The summed E-state index contributed by atoms with van der Waals surface area (Å²) in [6.45, 7) is 6.37. The Kier molecular flexibility index (Phi) is 7.82. The Bertz CT molecular complexity index is 1310. The smallest absolute Gasteiger partial charge is 0.300 e. The Morgan fingerprint density at radius 2 is 1.70 bits per heavy atom. The van der Waals surface area contributed by atoms with Crippen LogP contribution in [0.3, 0.4) is 0 Å². The van der Waals surface area contributed by atoms with E-state index in [2.05, 4.69) is 0 Å². The summed E-state index contributed by atoms with van der Waals surface area (Å²) >= 11 is 0. The molecular weight excluding hydrogens is 470 g/mol.